The van der Waals surface area contributed by atoms with Crippen LogP contribution in [-0.4, -0.2) is 17.0 Å². The van der Waals surface area contributed by atoms with Crippen molar-refractivity contribution in [1.82, 2.24) is 0 Å². The Morgan fingerprint density at radius 3 is 2.47 bits per heavy atom. The van der Waals surface area contributed by atoms with Crippen molar-refractivity contribution in [1.29, 1.82) is 0 Å². The second-order valence-electron chi connectivity index (χ2n) is 3.29. The lowest BCUT2D eigenvalue weighted by atomic mass is 10.2. The van der Waals surface area contributed by atoms with Gasteiger partial charge >= 0.3 is 5.97 Å². The first kappa shape index (κ1) is 11.3. The van der Waals surface area contributed by atoms with Gasteiger partial charge in [0.1, 0.15) is 4.88 Å². The molecule has 17 heavy (non-hydrogen) atoms. The molecule has 0 aliphatic carbocycles. The van der Waals surface area contributed by atoms with Gasteiger partial charge in [-0.1, -0.05) is 18.2 Å². The smallest absolute Gasteiger partial charge is 0.337 e. The van der Waals surface area contributed by atoms with Crippen LogP contribution in [0.5, 0.6) is 0 Å². The molecule has 0 spiro atoms. The number of carboxylic acids is 1. The van der Waals surface area contributed by atoms with Crippen LogP contribution in [-0.2, 0) is 0 Å². The van der Waals surface area contributed by atoms with Gasteiger partial charge in [0, 0.05) is 5.69 Å². The number of carboxylic acid groups (broad SMARTS) is 1. The number of hydrogen-bond acceptors (Lipinski definition) is 3. The number of aromatic carboxylic acids is 1. The van der Waals surface area contributed by atoms with E-state index < -0.39 is 11.9 Å². The fraction of sp³-hybridized carbons (Fsp3) is 0. The van der Waals surface area contributed by atoms with E-state index in [0.29, 0.717) is 5.69 Å². The number of nitrogens with one attached hydrogen (secondary N) is 1. The van der Waals surface area contributed by atoms with Crippen molar-refractivity contribution < 1.29 is 14.7 Å². The van der Waals surface area contributed by atoms with Crippen molar-refractivity contribution in [3.05, 3.63) is 52.2 Å². The van der Waals surface area contributed by atoms with Gasteiger partial charge < -0.3 is 10.4 Å². The fourth-order valence-electron chi connectivity index (χ4n) is 1.36. The van der Waals surface area contributed by atoms with Gasteiger partial charge in [0.25, 0.3) is 5.91 Å². The maximum atomic E-state index is 11.8. The Hall–Kier alpha value is -2.14. The number of hydrogen-bond donors (Lipinski definition) is 2. The van der Waals surface area contributed by atoms with Gasteiger partial charge in [-0.25, -0.2) is 4.79 Å². The van der Waals surface area contributed by atoms with Crippen molar-refractivity contribution >= 4 is 28.9 Å². The second-order valence-corrected chi connectivity index (χ2v) is 4.20. The molecule has 0 atom stereocenters. The molecule has 0 radical (unpaired) electrons. The number of benzene rings is 1. The molecule has 86 valence electrons. The Morgan fingerprint density at radius 2 is 1.82 bits per heavy atom. The van der Waals surface area contributed by atoms with Crippen LogP contribution < -0.4 is 5.32 Å². The SMILES string of the molecule is O=C(O)c1ccsc1C(=O)Nc1ccccc1. The maximum absolute atomic E-state index is 11.8. The van der Waals surface area contributed by atoms with Gasteiger partial charge in [-0.2, -0.15) is 0 Å². The average molecular weight is 247 g/mol. The minimum atomic E-state index is -1.09. The van der Waals surface area contributed by atoms with Gasteiger partial charge in [0.2, 0.25) is 0 Å². The van der Waals surface area contributed by atoms with Crippen molar-refractivity contribution in [2.24, 2.45) is 0 Å². The zero-order chi connectivity index (χ0) is 12.3. The summed E-state index contributed by atoms with van der Waals surface area (Å²) in [6.07, 6.45) is 0. The molecule has 2 aromatic rings. The molecule has 1 amide bonds. The molecular formula is C12H9NO3S. The first-order chi connectivity index (χ1) is 8.18. The van der Waals surface area contributed by atoms with Gasteiger partial charge in [0.05, 0.1) is 5.56 Å². The summed E-state index contributed by atoms with van der Waals surface area (Å²) in [5.41, 5.74) is 0.672. The molecule has 4 nitrogen and oxygen atoms in total. The molecule has 5 heteroatoms. The van der Waals surface area contributed by atoms with E-state index in [1.807, 2.05) is 6.07 Å². The summed E-state index contributed by atoms with van der Waals surface area (Å²) in [5, 5.41) is 13.1. The zero-order valence-electron chi connectivity index (χ0n) is 8.71. The minimum absolute atomic E-state index is 0.0310. The highest BCUT2D eigenvalue weighted by Crippen LogP contribution is 2.18. The Morgan fingerprint density at radius 1 is 1.12 bits per heavy atom. The quantitative estimate of drug-likeness (QED) is 0.876. The average Bonchev–Trinajstić information content (AvgIpc) is 2.79. The first-order valence-corrected chi connectivity index (χ1v) is 5.73. The van der Waals surface area contributed by atoms with E-state index >= 15 is 0 Å². The van der Waals surface area contributed by atoms with E-state index in [4.69, 9.17) is 5.11 Å². The molecule has 2 rings (SSSR count). The monoisotopic (exact) mass is 247 g/mol. The number of anilines is 1. The lowest BCUT2D eigenvalue weighted by Crippen LogP contribution is -2.13. The molecule has 1 heterocycles. The van der Waals surface area contributed by atoms with Crippen LogP contribution >= 0.6 is 11.3 Å². The third-order valence-electron chi connectivity index (χ3n) is 2.13. The highest BCUT2D eigenvalue weighted by atomic mass is 32.1. The highest BCUT2D eigenvalue weighted by Gasteiger charge is 2.17. The number of amides is 1. The first-order valence-electron chi connectivity index (χ1n) is 4.85. The highest BCUT2D eigenvalue weighted by molar-refractivity contribution is 7.12. The molecule has 0 saturated carbocycles. The third kappa shape index (κ3) is 2.51. The van der Waals surface area contributed by atoms with Gasteiger partial charge in [0.15, 0.2) is 0 Å². The van der Waals surface area contributed by atoms with Crippen LogP contribution in [0, 0.1) is 0 Å². The van der Waals surface area contributed by atoms with E-state index in [9.17, 15) is 9.59 Å². The van der Waals surface area contributed by atoms with Crippen LogP contribution in [0.3, 0.4) is 0 Å². The van der Waals surface area contributed by atoms with Crippen LogP contribution in [0.25, 0.3) is 0 Å². The predicted molar refractivity (Wildman–Crippen MR) is 65.7 cm³/mol. The summed E-state index contributed by atoms with van der Waals surface area (Å²) in [5.74, 6) is -1.49. The molecule has 0 saturated heterocycles. The minimum Gasteiger partial charge on any atom is -0.478 e. The summed E-state index contributed by atoms with van der Waals surface area (Å²) < 4.78 is 0. The summed E-state index contributed by atoms with van der Waals surface area (Å²) in [6, 6.07) is 10.3. The molecule has 0 bridgehead atoms. The molecule has 0 aliphatic rings. The van der Waals surface area contributed by atoms with Crippen LogP contribution in [0.15, 0.2) is 41.8 Å². The molecule has 0 aliphatic heterocycles. The fourth-order valence-corrected chi connectivity index (χ4v) is 2.14. The van der Waals surface area contributed by atoms with Gasteiger partial charge in [-0.05, 0) is 23.6 Å². The molecule has 2 N–H and O–H groups in total. The summed E-state index contributed by atoms with van der Waals surface area (Å²) in [7, 11) is 0. The zero-order valence-corrected chi connectivity index (χ0v) is 9.53. The van der Waals surface area contributed by atoms with Crippen molar-refractivity contribution in [2.45, 2.75) is 0 Å². The van der Waals surface area contributed by atoms with E-state index in [2.05, 4.69) is 5.32 Å². The number of thiophene rings is 1. The van der Waals surface area contributed by atoms with Crippen molar-refractivity contribution in [2.75, 3.05) is 5.32 Å². The number of para-hydroxylation sites is 1. The normalized spacial score (nSPS) is 9.88. The largest absolute Gasteiger partial charge is 0.478 e. The van der Waals surface area contributed by atoms with E-state index in [0.717, 1.165) is 11.3 Å². The lowest BCUT2D eigenvalue weighted by Gasteiger charge is -2.03. The molecule has 1 aromatic heterocycles. The Bertz CT molecular complexity index is 548. The van der Waals surface area contributed by atoms with Crippen LogP contribution in [0.4, 0.5) is 5.69 Å². The predicted octanol–water partition coefficient (Wildman–Crippen LogP) is 2.70. The molecule has 0 fully saturated rings. The van der Waals surface area contributed by atoms with Gasteiger partial charge in [-0.3, -0.25) is 4.79 Å². The summed E-state index contributed by atoms with van der Waals surface area (Å²) in [4.78, 5) is 22.9. The Kier molecular flexibility index (Phi) is 3.20. The maximum Gasteiger partial charge on any atom is 0.337 e. The summed E-state index contributed by atoms with van der Waals surface area (Å²) in [6.45, 7) is 0. The van der Waals surface area contributed by atoms with Crippen LogP contribution in [0.1, 0.15) is 20.0 Å². The topological polar surface area (TPSA) is 66.4 Å². The lowest BCUT2D eigenvalue weighted by molar-refractivity contribution is 0.0693. The number of carbonyl (C=O) groups excluding carboxylic acids is 1. The molecule has 0 unspecified atom stereocenters. The molecular weight excluding hydrogens is 238 g/mol. The molecule has 1 aromatic carbocycles. The van der Waals surface area contributed by atoms with E-state index in [1.54, 1.807) is 29.6 Å². The van der Waals surface area contributed by atoms with E-state index in [-0.39, 0.29) is 10.4 Å². The summed E-state index contributed by atoms with van der Waals surface area (Å²) >= 11 is 1.11. The Labute approximate surface area is 102 Å². The second kappa shape index (κ2) is 4.80. The van der Waals surface area contributed by atoms with Crippen molar-refractivity contribution in [3.8, 4) is 0 Å². The number of rotatable bonds is 3. The van der Waals surface area contributed by atoms with Gasteiger partial charge in [-0.15, -0.1) is 11.3 Å². The van der Waals surface area contributed by atoms with Crippen LogP contribution in [0.2, 0.25) is 0 Å². The number of carbonyl (C=O) groups is 2. The van der Waals surface area contributed by atoms with Crippen molar-refractivity contribution in [3.63, 3.8) is 0 Å². The Balaban J connectivity index is 2.21. The third-order valence-corrected chi connectivity index (χ3v) is 3.05. The standard InChI is InChI=1S/C12H9NO3S/c14-11(13-8-4-2-1-3-5-8)10-9(12(15)16)6-7-17-10/h1-7H,(H,13,14)(H,15,16). The van der Waals surface area contributed by atoms with E-state index in [1.165, 1.54) is 6.07 Å².